The maximum Gasteiger partial charge on any atom is 0.290 e. The molecule has 29 heavy (non-hydrogen) atoms. The second-order valence-corrected chi connectivity index (χ2v) is 8.49. The van der Waals surface area contributed by atoms with Gasteiger partial charge in [-0.15, -0.1) is 11.3 Å². The Morgan fingerprint density at radius 1 is 1.31 bits per heavy atom. The van der Waals surface area contributed by atoms with E-state index < -0.39 is 23.5 Å². The molecule has 0 radical (unpaired) electrons. The number of aryl methyl sites for hydroxylation is 1. The van der Waals surface area contributed by atoms with Crippen LogP contribution in [-0.4, -0.2) is 28.2 Å². The molecule has 3 aromatic rings. The third kappa shape index (κ3) is 3.36. The highest BCUT2D eigenvalue weighted by Gasteiger charge is 2.45. The normalized spacial score (nSPS) is 17.0. The molecule has 1 N–H and O–H groups in total. The largest absolute Gasteiger partial charge is 0.503 e. The highest BCUT2D eigenvalue weighted by Crippen LogP contribution is 2.42. The van der Waals surface area contributed by atoms with Crippen LogP contribution in [-0.2, 0) is 4.79 Å². The molecular formula is C22H20ClNO4S. The van der Waals surface area contributed by atoms with Crippen molar-refractivity contribution in [2.75, 3.05) is 6.54 Å². The van der Waals surface area contributed by atoms with Crippen LogP contribution in [0.1, 0.15) is 46.8 Å². The average Bonchev–Trinajstić information content (AvgIpc) is 3.37. The molecule has 0 bridgehead atoms. The molecule has 150 valence electrons. The number of carbonyl (C=O) groups excluding carboxylic acids is 2. The lowest BCUT2D eigenvalue weighted by molar-refractivity contribution is -0.129. The summed E-state index contributed by atoms with van der Waals surface area (Å²) in [4.78, 5) is 28.7. The van der Waals surface area contributed by atoms with Crippen LogP contribution in [0.3, 0.4) is 0 Å². The van der Waals surface area contributed by atoms with Crippen LogP contribution in [0, 0.1) is 6.92 Å². The van der Waals surface area contributed by atoms with Crippen molar-refractivity contribution in [2.45, 2.75) is 32.7 Å². The van der Waals surface area contributed by atoms with E-state index in [9.17, 15) is 14.7 Å². The summed E-state index contributed by atoms with van der Waals surface area (Å²) in [6, 6.07) is 8.02. The third-order valence-corrected chi connectivity index (χ3v) is 6.46. The molecule has 1 amide bonds. The molecule has 4 rings (SSSR count). The van der Waals surface area contributed by atoms with Crippen LogP contribution in [0.4, 0.5) is 0 Å². The van der Waals surface area contributed by atoms with Crippen molar-refractivity contribution >= 4 is 45.6 Å². The quantitative estimate of drug-likeness (QED) is 0.500. The zero-order valence-electron chi connectivity index (χ0n) is 16.1. The number of amides is 1. The van der Waals surface area contributed by atoms with Crippen molar-refractivity contribution in [1.29, 1.82) is 0 Å². The van der Waals surface area contributed by atoms with E-state index in [-0.39, 0.29) is 11.3 Å². The van der Waals surface area contributed by atoms with Gasteiger partial charge in [0.05, 0.1) is 11.6 Å². The van der Waals surface area contributed by atoms with Crippen molar-refractivity contribution in [3.8, 4) is 0 Å². The number of hydrogen-bond donors (Lipinski definition) is 1. The Kier molecular flexibility index (Phi) is 5.23. The van der Waals surface area contributed by atoms with Crippen LogP contribution in [0.15, 0.2) is 51.5 Å². The molecular weight excluding hydrogens is 410 g/mol. The molecule has 1 aromatic carbocycles. The van der Waals surface area contributed by atoms with Crippen molar-refractivity contribution in [3.05, 3.63) is 68.3 Å². The predicted molar refractivity (Wildman–Crippen MR) is 114 cm³/mol. The summed E-state index contributed by atoms with van der Waals surface area (Å²) in [5.41, 5.74) is 1.57. The molecule has 1 atom stereocenters. The van der Waals surface area contributed by atoms with Gasteiger partial charge in [0.2, 0.25) is 5.78 Å². The number of ketones is 1. The molecule has 1 aliphatic heterocycles. The first kappa shape index (κ1) is 19.7. The van der Waals surface area contributed by atoms with E-state index in [2.05, 4.69) is 0 Å². The molecule has 1 unspecified atom stereocenters. The molecule has 0 spiro atoms. The number of unbranched alkanes of at least 4 members (excludes halogenated alkanes) is 1. The molecule has 3 heterocycles. The van der Waals surface area contributed by atoms with E-state index >= 15 is 0 Å². The van der Waals surface area contributed by atoms with Gasteiger partial charge >= 0.3 is 0 Å². The van der Waals surface area contributed by atoms with Crippen LogP contribution in [0.25, 0.3) is 11.0 Å². The molecule has 0 aliphatic carbocycles. The zero-order valence-corrected chi connectivity index (χ0v) is 17.6. The number of fused-ring (bicyclic) bond motifs is 1. The van der Waals surface area contributed by atoms with Gasteiger partial charge in [-0.2, -0.15) is 0 Å². The average molecular weight is 430 g/mol. The zero-order chi connectivity index (χ0) is 20.7. The standard InChI is InChI=1S/C22H20ClNO4S/c1-3-4-8-24-18(21-12(2)7-9-29-21)17(20(26)22(24)27)19(25)16-11-13-10-14(23)5-6-15(13)28-16/h5-7,9-11,18,26H,3-4,8H2,1-2H3. The molecule has 5 nitrogen and oxygen atoms in total. The summed E-state index contributed by atoms with van der Waals surface area (Å²) in [5, 5.41) is 13.8. The van der Waals surface area contributed by atoms with Crippen molar-refractivity contribution in [2.24, 2.45) is 0 Å². The number of hydrogen-bond acceptors (Lipinski definition) is 5. The molecule has 0 saturated carbocycles. The SMILES string of the molecule is CCCCN1C(=O)C(O)=C(C(=O)c2cc3cc(Cl)ccc3o2)C1c1sccc1C. The van der Waals surface area contributed by atoms with Crippen LogP contribution < -0.4 is 0 Å². The Balaban J connectivity index is 1.80. The maximum atomic E-state index is 13.4. The van der Waals surface area contributed by atoms with Gasteiger partial charge in [0.1, 0.15) is 5.58 Å². The first-order valence-corrected chi connectivity index (χ1v) is 10.7. The summed E-state index contributed by atoms with van der Waals surface area (Å²) < 4.78 is 5.71. The van der Waals surface area contributed by atoms with Gasteiger partial charge in [-0.3, -0.25) is 9.59 Å². The summed E-state index contributed by atoms with van der Waals surface area (Å²) in [5.74, 6) is -1.42. The molecule has 0 saturated heterocycles. The van der Waals surface area contributed by atoms with Gasteiger partial charge < -0.3 is 14.4 Å². The molecule has 0 fully saturated rings. The number of nitrogens with zero attached hydrogens (tertiary/aromatic N) is 1. The first-order chi connectivity index (χ1) is 13.9. The summed E-state index contributed by atoms with van der Waals surface area (Å²) in [6.45, 7) is 4.44. The lowest BCUT2D eigenvalue weighted by Gasteiger charge is -2.26. The summed E-state index contributed by atoms with van der Waals surface area (Å²) in [7, 11) is 0. The van der Waals surface area contributed by atoms with Crippen LogP contribution in [0.5, 0.6) is 0 Å². The third-order valence-electron chi connectivity index (χ3n) is 5.15. The Bertz CT molecular complexity index is 1140. The van der Waals surface area contributed by atoms with E-state index in [0.717, 1.165) is 23.3 Å². The lowest BCUT2D eigenvalue weighted by atomic mass is 9.98. The number of thiophene rings is 1. The van der Waals surface area contributed by atoms with E-state index in [4.69, 9.17) is 16.0 Å². The molecule has 2 aromatic heterocycles. The maximum absolute atomic E-state index is 13.4. The van der Waals surface area contributed by atoms with Gasteiger partial charge in [-0.1, -0.05) is 24.9 Å². The minimum Gasteiger partial charge on any atom is -0.503 e. The van der Waals surface area contributed by atoms with Crippen LogP contribution in [0.2, 0.25) is 5.02 Å². The fourth-order valence-electron chi connectivity index (χ4n) is 3.64. The minimum atomic E-state index is -0.613. The Labute approximate surface area is 177 Å². The number of rotatable bonds is 6. The second-order valence-electron chi connectivity index (χ2n) is 7.11. The van der Waals surface area contributed by atoms with E-state index in [0.29, 0.717) is 22.5 Å². The number of benzene rings is 1. The monoisotopic (exact) mass is 429 g/mol. The number of aliphatic hydroxyl groups excluding tert-OH is 1. The van der Waals surface area contributed by atoms with E-state index in [1.54, 1.807) is 29.2 Å². The number of carbonyl (C=O) groups is 2. The van der Waals surface area contributed by atoms with Gasteiger partial charge in [-0.25, -0.2) is 0 Å². The van der Waals surface area contributed by atoms with Crippen molar-refractivity contribution in [1.82, 2.24) is 4.90 Å². The van der Waals surface area contributed by atoms with E-state index in [1.807, 2.05) is 25.3 Å². The number of halogens is 1. The van der Waals surface area contributed by atoms with Gasteiger partial charge in [0.25, 0.3) is 5.91 Å². The molecule has 7 heteroatoms. The Morgan fingerprint density at radius 2 is 2.10 bits per heavy atom. The lowest BCUT2D eigenvalue weighted by Crippen LogP contribution is -2.32. The van der Waals surface area contributed by atoms with Crippen molar-refractivity contribution < 1.29 is 19.1 Å². The summed E-state index contributed by atoms with van der Waals surface area (Å²) >= 11 is 7.50. The molecule has 1 aliphatic rings. The Morgan fingerprint density at radius 3 is 2.79 bits per heavy atom. The van der Waals surface area contributed by atoms with Crippen LogP contribution >= 0.6 is 22.9 Å². The second kappa shape index (κ2) is 7.69. The van der Waals surface area contributed by atoms with Gasteiger partial charge in [-0.05, 0) is 54.6 Å². The van der Waals surface area contributed by atoms with Gasteiger partial charge in [0, 0.05) is 21.8 Å². The van der Waals surface area contributed by atoms with E-state index in [1.165, 1.54) is 11.3 Å². The predicted octanol–water partition coefficient (Wildman–Crippen LogP) is 5.83. The smallest absolute Gasteiger partial charge is 0.290 e. The number of furan rings is 1. The summed E-state index contributed by atoms with van der Waals surface area (Å²) in [6.07, 6.45) is 1.68. The topological polar surface area (TPSA) is 70.8 Å². The fourth-order valence-corrected chi connectivity index (χ4v) is 4.87. The number of Topliss-reactive ketones (excluding diaryl/α,β-unsaturated/α-hetero) is 1. The van der Waals surface area contributed by atoms with Crippen molar-refractivity contribution in [3.63, 3.8) is 0 Å². The number of aliphatic hydroxyl groups is 1. The highest BCUT2D eigenvalue weighted by molar-refractivity contribution is 7.10. The highest BCUT2D eigenvalue weighted by atomic mass is 35.5. The fraction of sp³-hybridized carbons (Fsp3) is 0.273. The Hall–Kier alpha value is -2.57. The minimum absolute atomic E-state index is 0.0711. The van der Waals surface area contributed by atoms with Gasteiger partial charge in [0.15, 0.2) is 11.5 Å². The first-order valence-electron chi connectivity index (χ1n) is 9.44.